The van der Waals surface area contributed by atoms with Gasteiger partial charge in [0.15, 0.2) is 0 Å². The van der Waals surface area contributed by atoms with Gasteiger partial charge in [-0.15, -0.1) is 11.3 Å². The van der Waals surface area contributed by atoms with E-state index in [-0.39, 0.29) is 24.4 Å². The number of ether oxygens (including phenoxy) is 2. The van der Waals surface area contributed by atoms with Gasteiger partial charge in [0.1, 0.15) is 5.82 Å². The number of hydrogen-bond acceptors (Lipinski definition) is 5. The van der Waals surface area contributed by atoms with E-state index in [1.54, 1.807) is 13.2 Å². The Morgan fingerprint density at radius 2 is 1.97 bits per heavy atom. The van der Waals surface area contributed by atoms with Gasteiger partial charge in [-0.25, -0.2) is 4.39 Å². The molecule has 0 bridgehead atoms. The van der Waals surface area contributed by atoms with E-state index in [2.05, 4.69) is 22.3 Å². The van der Waals surface area contributed by atoms with Crippen molar-refractivity contribution < 1.29 is 18.7 Å². The van der Waals surface area contributed by atoms with Gasteiger partial charge in [0.25, 0.3) is 5.91 Å². The number of amides is 1. The molecule has 1 amide bonds. The smallest absolute Gasteiger partial charge is 0.262 e. The summed E-state index contributed by atoms with van der Waals surface area (Å²) in [6.45, 7) is 5.40. The van der Waals surface area contributed by atoms with Crippen molar-refractivity contribution in [3.63, 3.8) is 0 Å². The Kier molecular flexibility index (Phi) is 6.32. The minimum Gasteiger partial charge on any atom is -0.380 e. The van der Waals surface area contributed by atoms with Crippen LogP contribution in [-0.2, 0) is 16.1 Å². The lowest BCUT2D eigenvalue weighted by Crippen LogP contribution is -2.36. The highest BCUT2D eigenvalue weighted by Crippen LogP contribution is 2.34. The summed E-state index contributed by atoms with van der Waals surface area (Å²) in [6.07, 6.45) is 0. The van der Waals surface area contributed by atoms with E-state index in [4.69, 9.17) is 9.47 Å². The zero-order chi connectivity index (χ0) is 21.1. The van der Waals surface area contributed by atoms with Crippen LogP contribution in [0.2, 0.25) is 0 Å². The molecular weight excluding hydrogens is 403 g/mol. The molecule has 1 fully saturated rings. The van der Waals surface area contributed by atoms with Crippen molar-refractivity contribution in [2.45, 2.75) is 19.6 Å². The summed E-state index contributed by atoms with van der Waals surface area (Å²) in [5.41, 5.74) is 2.77. The number of rotatable bonds is 6. The SMILES string of the molecule is COCc1c(C(=O)NC(C)c2ccc(N3CCOCC3)cc2)sc2cccc(F)c12. The lowest BCUT2D eigenvalue weighted by molar-refractivity contribution is 0.0939. The first-order valence-corrected chi connectivity index (χ1v) is 10.8. The molecule has 2 aromatic carbocycles. The summed E-state index contributed by atoms with van der Waals surface area (Å²) in [4.78, 5) is 15.8. The maximum atomic E-state index is 14.4. The molecule has 2 heterocycles. The molecule has 158 valence electrons. The maximum absolute atomic E-state index is 14.4. The Labute approximate surface area is 179 Å². The lowest BCUT2D eigenvalue weighted by Gasteiger charge is -2.29. The van der Waals surface area contributed by atoms with E-state index in [1.807, 2.05) is 25.1 Å². The standard InChI is InChI=1S/C23H25FN2O3S/c1-15(16-6-8-17(9-7-16)26-10-12-29-13-11-26)25-23(27)22-18(14-28-2)21-19(24)4-3-5-20(21)30-22/h3-9,15H,10-14H2,1-2H3,(H,25,27). The highest BCUT2D eigenvalue weighted by Gasteiger charge is 2.22. The number of morpholine rings is 1. The van der Waals surface area contributed by atoms with Gasteiger partial charge >= 0.3 is 0 Å². The third-order valence-corrected chi connectivity index (χ3v) is 6.57. The van der Waals surface area contributed by atoms with Gasteiger partial charge in [-0.1, -0.05) is 18.2 Å². The Bertz CT molecular complexity index is 1030. The Balaban J connectivity index is 1.52. The Hall–Kier alpha value is -2.48. The van der Waals surface area contributed by atoms with Crippen molar-refractivity contribution in [3.8, 4) is 0 Å². The summed E-state index contributed by atoms with van der Waals surface area (Å²) in [5.74, 6) is -0.547. The third kappa shape index (κ3) is 4.19. The molecule has 1 aliphatic rings. The molecule has 7 heteroatoms. The summed E-state index contributed by atoms with van der Waals surface area (Å²) >= 11 is 1.29. The molecule has 1 atom stereocenters. The van der Waals surface area contributed by atoms with Crippen molar-refractivity contribution in [2.24, 2.45) is 0 Å². The summed E-state index contributed by atoms with van der Waals surface area (Å²) in [7, 11) is 1.55. The first kappa shape index (κ1) is 20.8. The average Bonchev–Trinajstić information content (AvgIpc) is 3.15. The number of carbonyl (C=O) groups is 1. The first-order chi connectivity index (χ1) is 14.6. The molecule has 30 heavy (non-hydrogen) atoms. The number of nitrogens with one attached hydrogen (secondary N) is 1. The molecule has 0 aliphatic carbocycles. The molecular formula is C23H25FN2O3S. The number of benzene rings is 2. The summed E-state index contributed by atoms with van der Waals surface area (Å²) < 4.78 is 25.8. The van der Waals surface area contributed by atoms with E-state index in [0.29, 0.717) is 15.8 Å². The van der Waals surface area contributed by atoms with E-state index in [9.17, 15) is 9.18 Å². The molecule has 0 spiro atoms. The van der Waals surface area contributed by atoms with Crippen molar-refractivity contribution in [1.82, 2.24) is 5.32 Å². The molecule has 3 aromatic rings. The molecule has 0 saturated carbocycles. The molecule has 0 radical (unpaired) electrons. The van der Waals surface area contributed by atoms with Crippen molar-refractivity contribution in [3.05, 3.63) is 64.3 Å². The van der Waals surface area contributed by atoms with Crippen molar-refractivity contribution in [2.75, 3.05) is 38.3 Å². The second kappa shape index (κ2) is 9.12. The van der Waals surface area contributed by atoms with Crippen molar-refractivity contribution in [1.29, 1.82) is 0 Å². The predicted molar refractivity (Wildman–Crippen MR) is 118 cm³/mol. The third-order valence-electron chi connectivity index (χ3n) is 5.38. The van der Waals surface area contributed by atoms with E-state index < -0.39 is 0 Å². The van der Waals surface area contributed by atoms with Gasteiger partial charge in [-0.2, -0.15) is 0 Å². The molecule has 1 N–H and O–H groups in total. The molecule has 1 aromatic heterocycles. The normalized spacial score (nSPS) is 15.4. The van der Waals surface area contributed by atoms with Crippen LogP contribution < -0.4 is 10.2 Å². The predicted octanol–water partition coefficient (Wildman–Crippen LogP) is 4.51. The lowest BCUT2D eigenvalue weighted by atomic mass is 10.1. The van der Waals surface area contributed by atoms with Crippen LogP contribution in [0.5, 0.6) is 0 Å². The number of nitrogens with zero attached hydrogens (tertiary/aromatic N) is 1. The highest BCUT2D eigenvalue weighted by molar-refractivity contribution is 7.21. The van der Waals surface area contributed by atoms with Crippen LogP contribution in [0.4, 0.5) is 10.1 Å². The summed E-state index contributed by atoms with van der Waals surface area (Å²) in [6, 6.07) is 12.9. The van der Waals surface area contributed by atoms with Crippen LogP contribution in [0.15, 0.2) is 42.5 Å². The maximum Gasteiger partial charge on any atom is 0.262 e. The van der Waals surface area contributed by atoms with Crippen LogP contribution in [0.1, 0.15) is 33.8 Å². The Morgan fingerprint density at radius 1 is 1.23 bits per heavy atom. The van der Waals surface area contributed by atoms with Crippen LogP contribution in [0.25, 0.3) is 10.1 Å². The summed E-state index contributed by atoms with van der Waals surface area (Å²) in [5, 5.41) is 3.52. The molecule has 5 nitrogen and oxygen atoms in total. The van der Waals surface area contributed by atoms with Gasteiger partial charge < -0.3 is 19.7 Å². The monoisotopic (exact) mass is 428 g/mol. The van der Waals surface area contributed by atoms with Crippen molar-refractivity contribution >= 4 is 33.0 Å². The number of halogens is 1. The molecule has 1 aliphatic heterocycles. The second-order valence-electron chi connectivity index (χ2n) is 7.34. The fourth-order valence-corrected chi connectivity index (χ4v) is 4.90. The minimum atomic E-state index is -0.332. The van der Waals surface area contributed by atoms with E-state index in [1.165, 1.54) is 17.4 Å². The van der Waals surface area contributed by atoms with Gasteiger partial charge in [0.2, 0.25) is 0 Å². The minimum absolute atomic E-state index is 0.179. The van der Waals surface area contributed by atoms with Crippen LogP contribution in [0.3, 0.4) is 0 Å². The first-order valence-electron chi connectivity index (χ1n) is 10.0. The van der Waals surface area contributed by atoms with Gasteiger partial charge in [-0.05, 0) is 36.8 Å². The van der Waals surface area contributed by atoms with Gasteiger partial charge in [0, 0.05) is 41.5 Å². The molecule has 4 rings (SSSR count). The topological polar surface area (TPSA) is 50.8 Å². The van der Waals surface area contributed by atoms with Gasteiger partial charge in [-0.3, -0.25) is 4.79 Å². The van der Waals surface area contributed by atoms with Crippen LogP contribution in [-0.4, -0.2) is 39.3 Å². The zero-order valence-corrected chi connectivity index (χ0v) is 17.9. The quantitative estimate of drug-likeness (QED) is 0.628. The Morgan fingerprint density at radius 3 is 2.67 bits per heavy atom. The highest BCUT2D eigenvalue weighted by atomic mass is 32.1. The van der Waals surface area contributed by atoms with E-state index >= 15 is 0 Å². The number of carbonyl (C=O) groups excluding carboxylic acids is 1. The fourth-order valence-electron chi connectivity index (χ4n) is 3.77. The van der Waals surface area contributed by atoms with Gasteiger partial charge in [0.05, 0.1) is 30.7 Å². The average molecular weight is 429 g/mol. The number of hydrogen-bond donors (Lipinski definition) is 1. The van der Waals surface area contributed by atoms with Crippen LogP contribution >= 0.6 is 11.3 Å². The fraction of sp³-hybridized carbons (Fsp3) is 0.348. The largest absolute Gasteiger partial charge is 0.380 e. The molecule has 1 saturated heterocycles. The molecule has 1 unspecified atom stereocenters. The number of methoxy groups -OCH3 is 1. The van der Waals surface area contributed by atoms with E-state index in [0.717, 1.165) is 42.3 Å². The number of fused-ring (bicyclic) bond motifs is 1. The zero-order valence-electron chi connectivity index (χ0n) is 17.1. The number of anilines is 1. The van der Waals surface area contributed by atoms with Crippen LogP contribution in [0, 0.1) is 5.82 Å². The number of thiophene rings is 1. The second-order valence-corrected chi connectivity index (χ2v) is 8.39.